The van der Waals surface area contributed by atoms with Crippen molar-refractivity contribution < 1.29 is 9.52 Å². The molecule has 0 aliphatic heterocycles. The zero-order valence-electron chi connectivity index (χ0n) is 8.49. The highest BCUT2D eigenvalue weighted by atomic mass is 16.3. The van der Waals surface area contributed by atoms with E-state index >= 15 is 0 Å². The summed E-state index contributed by atoms with van der Waals surface area (Å²) in [5.41, 5.74) is 1.49. The lowest BCUT2D eigenvalue weighted by Gasteiger charge is -2.10. The predicted molar refractivity (Wildman–Crippen MR) is 55.7 cm³/mol. The second-order valence-electron chi connectivity index (χ2n) is 4.34. The summed E-state index contributed by atoms with van der Waals surface area (Å²) in [6.45, 7) is 2.41. The van der Waals surface area contributed by atoms with Crippen molar-refractivity contribution in [1.82, 2.24) is 0 Å². The molecule has 0 amide bonds. The summed E-state index contributed by atoms with van der Waals surface area (Å²) in [5, 5.41) is 9.18. The number of aliphatic hydroxyl groups excluding tert-OH is 1. The van der Waals surface area contributed by atoms with Crippen LogP contribution >= 0.6 is 0 Å². The highest BCUT2D eigenvalue weighted by molar-refractivity contribution is 5.46. The quantitative estimate of drug-likeness (QED) is 0.795. The van der Waals surface area contributed by atoms with Gasteiger partial charge in [0.2, 0.25) is 0 Å². The first kappa shape index (κ1) is 9.53. The molecule has 1 fully saturated rings. The molecule has 2 rings (SSSR count). The van der Waals surface area contributed by atoms with Gasteiger partial charge in [0, 0.05) is 6.61 Å². The van der Waals surface area contributed by atoms with Crippen LogP contribution in [0.25, 0.3) is 6.08 Å². The van der Waals surface area contributed by atoms with Crippen LogP contribution in [0.3, 0.4) is 0 Å². The third-order valence-corrected chi connectivity index (χ3v) is 2.88. The lowest BCUT2D eigenvalue weighted by Crippen LogP contribution is -2.06. The number of aliphatic hydroxyl groups is 1. The molecule has 0 saturated heterocycles. The van der Waals surface area contributed by atoms with Crippen LogP contribution in [0.2, 0.25) is 0 Å². The molecule has 1 heterocycles. The molecule has 76 valence electrons. The lowest BCUT2D eigenvalue weighted by molar-refractivity contribution is 0.211. The first-order chi connectivity index (χ1) is 6.74. The largest absolute Gasteiger partial charge is 0.465 e. The van der Waals surface area contributed by atoms with Crippen molar-refractivity contribution in [3.63, 3.8) is 0 Å². The average Bonchev–Trinajstić information content (AvgIpc) is 2.74. The normalized spacial score (nSPS) is 19.7. The molecule has 0 atom stereocenters. The fourth-order valence-electron chi connectivity index (χ4n) is 1.83. The van der Waals surface area contributed by atoms with E-state index in [0.29, 0.717) is 6.61 Å². The fraction of sp³-hybridized carbons (Fsp3) is 0.500. The number of rotatable bonds is 4. The van der Waals surface area contributed by atoms with Crippen molar-refractivity contribution in [2.45, 2.75) is 26.2 Å². The molecule has 0 bridgehead atoms. The molecule has 0 unspecified atom stereocenters. The molecule has 1 N–H and O–H groups in total. The topological polar surface area (TPSA) is 33.4 Å². The maximum atomic E-state index is 9.18. The van der Waals surface area contributed by atoms with E-state index < -0.39 is 0 Å². The SMILES string of the molecule is C/C(=C\c1ccco1)CC1(CO)CC1. The van der Waals surface area contributed by atoms with Crippen molar-refractivity contribution in [2.24, 2.45) is 5.41 Å². The summed E-state index contributed by atoms with van der Waals surface area (Å²) in [6, 6.07) is 3.83. The first-order valence-corrected chi connectivity index (χ1v) is 5.06. The Morgan fingerprint density at radius 3 is 2.93 bits per heavy atom. The zero-order chi connectivity index (χ0) is 10.0. The van der Waals surface area contributed by atoms with E-state index in [1.807, 2.05) is 12.1 Å². The minimum absolute atomic E-state index is 0.202. The van der Waals surface area contributed by atoms with Crippen molar-refractivity contribution in [3.05, 3.63) is 29.7 Å². The summed E-state index contributed by atoms with van der Waals surface area (Å²) in [5.74, 6) is 0.899. The molecule has 1 aromatic rings. The molecule has 1 aliphatic rings. The Morgan fingerprint density at radius 2 is 2.43 bits per heavy atom. The zero-order valence-corrected chi connectivity index (χ0v) is 8.49. The molecule has 0 spiro atoms. The Kier molecular flexibility index (Phi) is 2.46. The smallest absolute Gasteiger partial charge is 0.126 e. The van der Waals surface area contributed by atoms with Gasteiger partial charge in [-0.1, -0.05) is 5.57 Å². The van der Waals surface area contributed by atoms with Crippen molar-refractivity contribution in [1.29, 1.82) is 0 Å². The van der Waals surface area contributed by atoms with Crippen LogP contribution in [0.1, 0.15) is 31.9 Å². The Bertz CT molecular complexity index is 318. The lowest BCUT2D eigenvalue weighted by atomic mass is 9.98. The number of allylic oxidation sites excluding steroid dienone is 1. The highest BCUT2D eigenvalue weighted by Crippen LogP contribution is 2.50. The molecular formula is C12H16O2. The number of furan rings is 1. The molecule has 1 saturated carbocycles. The Labute approximate surface area is 84.2 Å². The minimum Gasteiger partial charge on any atom is -0.465 e. The van der Waals surface area contributed by atoms with E-state index in [-0.39, 0.29) is 5.41 Å². The van der Waals surface area contributed by atoms with E-state index in [9.17, 15) is 5.11 Å². The van der Waals surface area contributed by atoms with E-state index in [1.165, 1.54) is 5.57 Å². The van der Waals surface area contributed by atoms with Crippen LogP contribution in [-0.2, 0) is 0 Å². The first-order valence-electron chi connectivity index (χ1n) is 5.06. The minimum atomic E-state index is 0.202. The van der Waals surface area contributed by atoms with Gasteiger partial charge in [0.15, 0.2) is 0 Å². The molecule has 1 aromatic heterocycles. The van der Waals surface area contributed by atoms with Crippen molar-refractivity contribution >= 4 is 6.08 Å². The standard InChI is InChI=1S/C12H16O2/c1-10(7-11-3-2-6-14-11)8-12(9-13)4-5-12/h2-3,6-7,13H,4-5,8-9H2,1H3/b10-7+. The number of hydrogen-bond donors (Lipinski definition) is 1. The van der Waals surface area contributed by atoms with Crippen LogP contribution in [0.15, 0.2) is 28.4 Å². The summed E-state index contributed by atoms with van der Waals surface area (Å²) >= 11 is 0. The van der Waals surface area contributed by atoms with Gasteiger partial charge in [0.05, 0.1) is 6.26 Å². The maximum Gasteiger partial charge on any atom is 0.126 e. The van der Waals surface area contributed by atoms with Gasteiger partial charge in [-0.3, -0.25) is 0 Å². The van der Waals surface area contributed by atoms with Crippen molar-refractivity contribution in [2.75, 3.05) is 6.61 Å². The van der Waals surface area contributed by atoms with Crippen LogP contribution in [0, 0.1) is 5.41 Å². The van der Waals surface area contributed by atoms with Gasteiger partial charge < -0.3 is 9.52 Å². The predicted octanol–water partition coefficient (Wildman–Crippen LogP) is 2.85. The van der Waals surface area contributed by atoms with Crippen LogP contribution in [0.4, 0.5) is 0 Å². The van der Waals surface area contributed by atoms with E-state index in [0.717, 1.165) is 25.0 Å². The summed E-state index contributed by atoms with van der Waals surface area (Å²) in [7, 11) is 0. The van der Waals surface area contributed by atoms with Crippen molar-refractivity contribution in [3.8, 4) is 0 Å². The Morgan fingerprint density at radius 1 is 1.64 bits per heavy atom. The van der Waals surface area contributed by atoms with E-state index in [2.05, 4.69) is 13.0 Å². The van der Waals surface area contributed by atoms with E-state index in [4.69, 9.17) is 4.42 Å². The third kappa shape index (κ3) is 2.07. The average molecular weight is 192 g/mol. The molecule has 2 nitrogen and oxygen atoms in total. The summed E-state index contributed by atoms with van der Waals surface area (Å²) in [6.07, 6.45) is 7.04. The van der Waals surface area contributed by atoms with Crippen LogP contribution in [-0.4, -0.2) is 11.7 Å². The van der Waals surface area contributed by atoms with E-state index in [1.54, 1.807) is 6.26 Å². The van der Waals surface area contributed by atoms with Crippen LogP contribution in [0.5, 0.6) is 0 Å². The van der Waals surface area contributed by atoms with Gasteiger partial charge in [-0.05, 0) is 49.8 Å². The summed E-state index contributed by atoms with van der Waals surface area (Å²) < 4.78 is 5.23. The van der Waals surface area contributed by atoms with Gasteiger partial charge in [-0.25, -0.2) is 0 Å². The molecule has 0 radical (unpaired) electrons. The third-order valence-electron chi connectivity index (χ3n) is 2.88. The van der Waals surface area contributed by atoms with Gasteiger partial charge in [0.25, 0.3) is 0 Å². The second kappa shape index (κ2) is 3.62. The molecule has 14 heavy (non-hydrogen) atoms. The van der Waals surface area contributed by atoms with Gasteiger partial charge in [0.1, 0.15) is 5.76 Å². The summed E-state index contributed by atoms with van der Waals surface area (Å²) in [4.78, 5) is 0. The van der Waals surface area contributed by atoms with Gasteiger partial charge in [-0.2, -0.15) is 0 Å². The molecular weight excluding hydrogens is 176 g/mol. The molecule has 1 aliphatic carbocycles. The van der Waals surface area contributed by atoms with Crippen LogP contribution < -0.4 is 0 Å². The maximum absolute atomic E-state index is 9.18. The highest BCUT2D eigenvalue weighted by Gasteiger charge is 2.41. The van der Waals surface area contributed by atoms with Gasteiger partial charge in [-0.15, -0.1) is 0 Å². The Balaban J connectivity index is 1.99. The Hall–Kier alpha value is -1.02. The number of hydrogen-bond acceptors (Lipinski definition) is 2. The van der Waals surface area contributed by atoms with Gasteiger partial charge >= 0.3 is 0 Å². The monoisotopic (exact) mass is 192 g/mol. The molecule has 0 aromatic carbocycles. The second-order valence-corrected chi connectivity index (χ2v) is 4.34. The fourth-order valence-corrected chi connectivity index (χ4v) is 1.83. The molecule has 2 heteroatoms.